The minimum absolute atomic E-state index is 0.146. The number of allylic oxidation sites excluding steroid dienone is 2. The highest BCUT2D eigenvalue weighted by Gasteiger charge is 1.91. The molecule has 0 fully saturated rings. The van der Waals surface area contributed by atoms with Crippen molar-refractivity contribution < 1.29 is 4.79 Å². The molecule has 0 spiro atoms. The number of alkyl halides is 1. The molecule has 0 radical (unpaired) electrons. The van der Waals surface area contributed by atoms with Gasteiger partial charge < -0.3 is 0 Å². The van der Waals surface area contributed by atoms with Gasteiger partial charge in [0.25, 0.3) is 0 Å². The van der Waals surface area contributed by atoms with Gasteiger partial charge in [0.2, 0.25) is 0 Å². The Labute approximate surface area is 60.7 Å². The summed E-state index contributed by atoms with van der Waals surface area (Å²) in [5.41, 5.74) is 0.934. The van der Waals surface area contributed by atoms with Crippen LogP contribution in [0, 0.1) is 0 Å². The predicted octanol–water partition coefficient (Wildman–Crippen LogP) is 2.15. The Hall–Kier alpha value is -0.300. The molecular formula is C7H11ClO. The summed E-state index contributed by atoms with van der Waals surface area (Å²) in [5.74, 6) is 0.597. The van der Waals surface area contributed by atoms with Gasteiger partial charge in [0.1, 0.15) is 0 Å². The van der Waals surface area contributed by atoms with E-state index in [2.05, 4.69) is 0 Å². The standard InChI is InChI=1S/C7H11ClO/c1-3-7(9)4-6(2)5-8/h4H,3,5H2,1-2H3/b6-4+. The first kappa shape index (κ1) is 8.70. The summed E-state index contributed by atoms with van der Waals surface area (Å²) in [6, 6.07) is 0. The average molecular weight is 147 g/mol. The van der Waals surface area contributed by atoms with Crippen LogP contribution >= 0.6 is 11.6 Å². The molecule has 0 aromatic heterocycles. The molecule has 2 heteroatoms. The molecule has 0 rings (SSSR count). The van der Waals surface area contributed by atoms with E-state index < -0.39 is 0 Å². The quantitative estimate of drug-likeness (QED) is 0.441. The van der Waals surface area contributed by atoms with Crippen LogP contribution in [0.25, 0.3) is 0 Å². The van der Waals surface area contributed by atoms with Crippen molar-refractivity contribution in [3.63, 3.8) is 0 Å². The van der Waals surface area contributed by atoms with Gasteiger partial charge in [-0.25, -0.2) is 0 Å². The van der Waals surface area contributed by atoms with Gasteiger partial charge >= 0.3 is 0 Å². The van der Waals surface area contributed by atoms with E-state index in [1.54, 1.807) is 6.08 Å². The van der Waals surface area contributed by atoms with Crippen LogP contribution in [0.15, 0.2) is 11.6 Å². The third kappa shape index (κ3) is 4.22. The average Bonchev–Trinajstić information content (AvgIpc) is 1.87. The number of carbonyl (C=O) groups excluding carboxylic acids is 1. The fourth-order valence-corrected chi connectivity index (χ4v) is 0.493. The summed E-state index contributed by atoms with van der Waals surface area (Å²) >= 11 is 5.43. The second-order valence-electron chi connectivity index (χ2n) is 1.94. The number of hydrogen-bond acceptors (Lipinski definition) is 1. The summed E-state index contributed by atoms with van der Waals surface area (Å²) in [6.07, 6.45) is 2.15. The highest BCUT2D eigenvalue weighted by Crippen LogP contribution is 1.96. The molecule has 0 heterocycles. The van der Waals surface area contributed by atoms with Crippen molar-refractivity contribution in [1.29, 1.82) is 0 Å². The molecule has 0 aliphatic heterocycles. The third-order valence-electron chi connectivity index (χ3n) is 0.967. The summed E-state index contributed by atoms with van der Waals surface area (Å²) in [4.78, 5) is 10.6. The van der Waals surface area contributed by atoms with Crippen molar-refractivity contribution in [2.75, 3.05) is 5.88 Å². The van der Waals surface area contributed by atoms with Gasteiger partial charge in [-0.1, -0.05) is 12.5 Å². The van der Waals surface area contributed by atoms with Crippen molar-refractivity contribution >= 4 is 17.4 Å². The minimum atomic E-state index is 0.146. The molecule has 0 aromatic carbocycles. The fourth-order valence-electron chi connectivity index (χ4n) is 0.415. The Morgan fingerprint density at radius 3 is 2.56 bits per heavy atom. The van der Waals surface area contributed by atoms with E-state index in [9.17, 15) is 4.79 Å². The Morgan fingerprint density at radius 1 is 1.67 bits per heavy atom. The Morgan fingerprint density at radius 2 is 2.22 bits per heavy atom. The summed E-state index contributed by atoms with van der Waals surface area (Å²) in [6.45, 7) is 3.68. The maximum Gasteiger partial charge on any atom is 0.155 e. The molecule has 0 saturated carbocycles. The molecule has 0 saturated heterocycles. The lowest BCUT2D eigenvalue weighted by atomic mass is 10.2. The maximum atomic E-state index is 10.6. The van der Waals surface area contributed by atoms with Gasteiger partial charge in [0, 0.05) is 12.3 Å². The van der Waals surface area contributed by atoms with Gasteiger partial charge in [-0.05, 0) is 13.0 Å². The largest absolute Gasteiger partial charge is 0.295 e. The minimum Gasteiger partial charge on any atom is -0.295 e. The smallest absolute Gasteiger partial charge is 0.155 e. The lowest BCUT2D eigenvalue weighted by Gasteiger charge is -1.89. The van der Waals surface area contributed by atoms with Crippen LogP contribution in [0.4, 0.5) is 0 Å². The Balaban J connectivity index is 3.79. The van der Waals surface area contributed by atoms with Gasteiger partial charge in [-0.15, -0.1) is 11.6 Å². The van der Waals surface area contributed by atoms with E-state index in [0.717, 1.165) is 5.57 Å². The van der Waals surface area contributed by atoms with Gasteiger partial charge in [-0.2, -0.15) is 0 Å². The van der Waals surface area contributed by atoms with E-state index in [0.29, 0.717) is 12.3 Å². The third-order valence-corrected chi connectivity index (χ3v) is 1.39. The molecule has 0 N–H and O–H groups in total. The zero-order valence-electron chi connectivity index (χ0n) is 5.78. The van der Waals surface area contributed by atoms with Crippen molar-refractivity contribution in [3.8, 4) is 0 Å². The monoisotopic (exact) mass is 146 g/mol. The van der Waals surface area contributed by atoms with E-state index in [-0.39, 0.29) is 5.78 Å². The Bertz CT molecular complexity index is 127. The first-order valence-corrected chi connectivity index (χ1v) is 3.50. The number of halogens is 1. The van der Waals surface area contributed by atoms with E-state index in [1.165, 1.54) is 0 Å². The molecule has 9 heavy (non-hydrogen) atoms. The second-order valence-corrected chi connectivity index (χ2v) is 2.21. The molecule has 52 valence electrons. The number of hydrogen-bond donors (Lipinski definition) is 0. The summed E-state index contributed by atoms with van der Waals surface area (Å²) < 4.78 is 0. The fraction of sp³-hybridized carbons (Fsp3) is 0.571. The van der Waals surface area contributed by atoms with Gasteiger partial charge in [0.15, 0.2) is 5.78 Å². The van der Waals surface area contributed by atoms with Crippen LogP contribution < -0.4 is 0 Å². The predicted molar refractivity (Wildman–Crippen MR) is 39.8 cm³/mol. The second kappa shape index (κ2) is 4.57. The van der Waals surface area contributed by atoms with Crippen molar-refractivity contribution in [1.82, 2.24) is 0 Å². The van der Waals surface area contributed by atoms with Crippen molar-refractivity contribution in [2.24, 2.45) is 0 Å². The van der Waals surface area contributed by atoms with Crippen LogP contribution in [0.5, 0.6) is 0 Å². The molecule has 1 nitrogen and oxygen atoms in total. The lowest BCUT2D eigenvalue weighted by molar-refractivity contribution is -0.114. The molecular weight excluding hydrogens is 136 g/mol. The molecule has 0 unspecified atom stereocenters. The first-order valence-electron chi connectivity index (χ1n) is 2.96. The molecule has 0 aliphatic rings. The zero-order valence-corrected chi connectivity index (χ0v) is 6.53. The highest BCUT2D eigenvalue weighted by molar-refractivity contribution is 6.19. The number of ketones is 1. The normalized spacial score (nSPS) is 11.7. The van der Waals surface area contributed by atoms with Crippen LogP contribution in [-0.2, 0) is 4.79 Å². The molecule has 0 aromatic rings. The van der Waals surface area contributed by atoms with Crippen molar-refractivity contribution in [2.45, 2.75) is 20.3 Å². The molecule has 0 atom stereocenters. The zero-order chi connectivity index (χ0) is 7.28. The lowest BCUT2D eigenvalue weighted by Crippen LogP contribution is -1.90. The van der Waals surface area contributed by atoms with E-state index in [4.69, 9.17) is 11.6 Å². The maximum absolute atomic E-state index is 10.6. The number of rotatable bonds is 3. The van der Waals surface area contributed by atoms with Crippen LogP contribution in [0.3, 0.4) is 0 Å². The highest BCUT2D eigenvalue weighted by atomic mass is 35.5. The van der Waals surface area contributed by atoms with Crippen LogP contribution in [-0.4, -0.2) is 11.7 Å². The topological polar surface area (TPSA) is 17.1 Å². The SMILES string of the molecule is CCC(=O)/C=C(\C)CCl. The Kier molecular flexibility index (Phi) is 4.41. The summed E-state index contributed by atoms with van der Waals surface area (Å²) in [7, 11) is 0. The van der Waals surface area contributed by atoms with Gasteiger partial charge in [0.05, 0.1) is 0 Å². The van der Waals surface area contributed by atoms with Gasteiger partial charge in [-0.3, -0.25) is 4.79 Å². The molecule has 0 bridgehead atoms. The molecule has 0 aliphatic carbocycles. The van der Waals surface area contributed by atoms with Crippen molar-refractivity contribution in [3.05, 3.63) is 11.6 Å². The summed E-state index contributed by atoms with van der Waals surface area (Å²) in [5, 5.41) is 0. The van der Waals surface area contributed by atoms with Crippen LogP contribution in [0.2, 0.25) is 0 Å². The number of carbonyl (C=O) groups is 1. The molecule has 0 amide bonds. The van der Waals surface area contributed by atoms with E-state index in [1.807, 2.05) is 13.8 Å². The van der Waals surface area contributed by atoms with E-state index >= 15 is 0 Å². The van der Waals surface area contributed by atoms with Crippen LogP contribution in [0.1, 0.15) is 20.3 Å². The first-order chi connectivity index (χ1) is 4.20.